The molecule has 19 heavy (non-hydrogen) atoms. The van der Waals surface area contributed by atoms with E-state index in [1.165, 1.54) is 4.90 Å². The van der Waals surface area contributed by atoms with Crippen molar-refractivity contribution in [3.05, 3.63) is 27.2 Å². The van der Waals surface area contributed by atoms with Crippen LogP contribution in [0.4, 0.5) is 5.69 Å². The number of nitrogens with zero attached hydrogens (tertiary/aromatic N) is 1. The molecule has 0 fully saturated rings. The Balaban J connectivity index is 3.56. The van der Waals surface area contributed by atoms with Gasteiger partial charge in [-0.2, -0.15) is 0 Å². The molecule has 0 bridgehead atoms. The van der Waals surface area contributed by atoms with Crippen LogP contribution in [0.15, 0.2) is 6.07 Å². The number of amides is 1. The smallest absolute Gasteiger partial charge is 0.242 e. The molecule has 1 amide bonds. The van der Waals surface area contributed by atoms with E-state index < -0.39 is 0 Å². The lowest BCUT2D eigenvalue weighted by atomic mass is 10.0. The maximum atomic E-state index is 11.9. The van der Waals surface area contributed by atoms with Gasteiger partial charge in [0.1, 0.15) is 11.9 Å². The van der Waals surface area contributed by atoms with Crippen LogP contribution in [0.1, 0.15) is 25.0 Å². The summed E-state index contributed by atoms with van der Waals surface area (Å²) in [6.45, 7) is 3.94. The van der Waals surface area contributed by atoms with E-state index in [0.29, 0.717) is 28.6 Å². The standard InChI is InChI=1S/C13H15Cl4NO/c1-3-8-10(16)5-11(17)9(4-2)13(8)18(7-15)12(19)6-14/h5H,3-4,6-7H2,1-2H3. The molecule has 0 heterocycles. The van der Waals surface area contributed by atoms with E-state index in [1.807, 2.05) is 13.8 Å². The van der Waals surface area contributed by atoms with E-state index in [4.69, 9.17) is 46.4 Å². The number of hydrogen-bond acceptors (Lipinski definition) is 1. The van der Waals surface area contributed by atoms with Crippen LogP contribution >= 0.6 is 46.4 Å². The van der Waals surface area contributed by atoms with Crippen molar-refractivity contribution in [1.82, 2.24) is 0 Å². The van der Waals surface area contributed by atoms with Crippen LogP contribution in [-0.4, -0.2) is 17.8 Å². The Bertz CT molecular complexity index is 448. The highest BCUT2D eigenvalue weighted by atomic mass is 35.5. The highest BCUT2D eigenvalue weighted by Crippen LogP contribution is 2.37. The van der Waals surface area contributed by atoms with Gasteiger partial charge in [0, 0.05) is 10.0 Å². The second-order valence-electron chi connectivity index (χ2n) is 3.93. The fraction of sp³-hybridized carbons (Fsp3) is 0.462. The molecule has 0 saturated heterocycles. The van der Waals surface area contributed by atoms with E-state index in [9.17, 15) is 4.79 Å². The van der Waals surface area contributed by atoms with Gasteiger partial charge in [0.15, 0.2) is 0 Å². The average Bonchev–Trinajstić information content (AvgIpc) is 2.39. The summed E-state index contributed by atoms with van der Waals surface area (Å²) in [7, 11) is 0. The predicted molar refractivity (Wildman–Crippen MR) is 84.1 cm³/mol. The molecule has 1 aromatic rings. The quantitative estimate of drug-likeness (QED) is 0.551. The number of alkyl halides is 2. The number of rotatable bonds is 5. The molecule has 0 unspecified atom stereocenters. The first-order valence-electron chi connectivity index (χ1n) is 5.93. The van der Waals surface area contributed by atoms with Crippen LogP contribution in [-0.2, 0) is 17.6 Å². The summed E-state index contributed by atoms with van der Waals surface area (Å²) in [6.07, 6.45) is 1.36. The fourth-order valence-electron chi connectivity index (χ4n) is 2.02. The Morgan fingerprint density at radius 2 is 1.58 bits per heavy atom. The Labute approximate surface area is 133 Å². The molecule has 0 aromatic heterocycles. The topological polar surface area (TPSA) is 20.3 Å². The number of anilines is 1. The molecule has 0 N–H and O–H groups in total. The minimum atomic E-state index is -0.264. The summed E-state index contributed by atoms with van der Waals surface area (Å²) in [5.41, 5.74) is 2.42. The molecule has 0 aliphatic rings. The van der Waals surface area contributed by atoms with Crippen molar-refractivity contribution in [2.75, 3.05) is 16.8 Å². The van der Waals surface area contributed by atoms with Crippen molar-refractivity contribution < 1.29 is 4.79 Å². The molecule has 0 atom stereocenters. The third-order valence-corrected chi connectivity index (χ3v) is 4.06. The van der Waals surface area contributed by atoms with Gasteiger partial charge in [-0.1, -0.05) is 37.0 Å². The number of hydrogen-bond donors (Lipinski definition) is 0. The van der Waals surface area contributed by atoms with Crippen molar-refractivity contribution in [2.24, 2.45) is 0 Å². The molecule has 0 aliphatic heterocycles. The molecular weight excluding hydrogens is 328 g/mol. The van der Waals surface area contributed by atoms with Gasteiger partial charge >= 0.3 is 0 Å². The maximum Gasteiger partial charge on any atom is 0.242 e. The van der Waals surface area contributed by atoms with Crippen molar-refractivity contribution in [3.8, 4) is 0 Å². The molecule has 0 saturated carbocycles. The van der Waals surface area contributed by atoms with Crippen molar-refractivity contribution in [3.63, 3.8) is 0 Å². The molecule has 1 rings (SSSR count). The Kier molecular flexibility index (Phi) is 6.75. The minimum absolute atomic E-state index is 0.0161. The monoisotopic (exact) mass is 341 g/mol. The van der Waals surface area contributed by atoms with E-state index >= 15 is 0 Å². The summed E-state index contributed by atoms with van der Waals surface area (Å²) >= 11 is 24.0. The zero-order valence-corrected chi connectivity index (χ0v) is 13.8. The van der Waals surface area contributed by atoms with Gasteiger partial charge in [0.2, 0.25) is 5.91 Å². The average molecular weight is 343 g/mol. The van der Waals surface area contributed by atoms with Crippen LogP contribution in [0.2, 0.25) is 10.0 Å². The second-order valence-corrected chi connectivity index (χ2v) is 5.25. The van der Waals surface area contributed by atoms with Gasteiger partial charge in [-0.25, -0.2) is 0 Å². The van der Waals surface area contributed by atoms with Crippen molar-refractivity contribution in [2.45, 2.75) is 26.7 Å². The second kappa shape index (κ2) is 7.58. The third kappa shape index (κ3) is 3.49. The molecule has 1 aromatic carbocycles. The van der Waals surface area contributed by atoms with Gasteiger partial charge in [-0.3, -0.25) is 9.69 Å². The van der Waals surface area contributed by atoms with E-state index in [2.05, 4.69) is 0 Å². The zero-order valence-electron chi connectivity index (χ0n) is 10.8. The Hall–Kier alpha value is -0.150. The Morgan fingerprint density at radius 3 is 1.89 bits per heavy atom. The molecule has 106 valence electrons. The Morgan fingerprint density at radius 1 is 1.11 bits per heavy atom. The van der Waals surface area contributed by atoms with E-state index in [1.54, 1.807) is 6.07 Å². The SMILES string of the molecule is CCc1c(Cl)cc(Cl)c(CC)c1N(CCl)C(=O)CCl. The highest BCUT2D eigenvalue weighted by Gasteiger charge is 2.23. The van der Waals surface area contributed by atoms with E-state index in [-0.39, 0.29) is 17.8 Å². The first kappa shape index (κ1) is 16.9. The lowest BCUT2D eigenvalue weighted by molar-refractivity contribution is -0.116. The lowest BCUT2D eigenvalue weighted by Crippen LogP contribution is -2.32. The zero-order chi connectivity index (χ0) is 14.6. The largest absolute Gasteiger partial charge is 0.296 e. The summed E-state index contributed by atoms with van der Waals surface area (Å²) in [4.78, 5) is 13.4. The first-order chi connectivity index (χ1) is 9.01. The minimum Gasteiger partial charge on any atom is -0.296 e. The molecule has 0 spiro atoms. The van der Waals surface area contributed by atoms with Crippen molar-refractivity contribution in [1.29, 1.82) is 0 Å². The van der Waals surface area contributed by atoms with Crippen LogP contribution < -0.4 is 4.90 Å². The fourth-order valence-corrected chi connectivity index (χ4v) is 3.13. The maximum absolute atomic E-state index is 11.9. The number of halogens is 4. The van der Waals surface area contributed by atoms with E-state index in [0.717, 1.165) is 11.1 Å². The first-order valence-corrected chi connectivity index (χ1v) is 7.76. The number of carbonyl (C=O) groups is 1. The number of carbonyl (C=O) groups excluding carboxylic acids is 1. The normalized spacial score (nSPS) is 10.6. The van der Waals surface area contributed by atoms with Gasteiger partial charge < -0.3 is 0 Å². The van der Waals surface area contributed by atoms with Gasteiger partial charge in [-0.05, 0) is 30.0 Å². The third-order valence-electron chi connectivity index (χ3n) is 2.91. The lowest BCUT2D eigenvalue weighted by Gasteiger charge is -2.26. The molecule has 2 nitrogen and oxygen atoms in total. The van der Waals surface area contributed by atoms with Crippen LogP contribution in [0.25, 0.3) is 0 Å². The molecular formula is C13H15Cl4NO. The summed E-state index contributed by atoms with van der Waals surface area (Å²) < 4.78 is 0. The van der Waals surface area contributed by atoms with Gasteiger partial charge in [-0.15, -0.1) is 23.2 Å². The summed E-state index contributed by atoms with van der Waals surface area (Å²) in [5, 5.41) is 1.08. The number of benzene rings is 1. The molecule has 0 aliphatic carbocycles. The van der Waals surface area contributed by atoms with Gasteiger partial charge in [0.05, 0.1) is 5.69 Å². The highest BCUT2D eigenvalue weighted by molar-refractivity contribution is 6.37. The van der Waals surface area contributed by atoms with Gasteiger partial charge in [0.25, 0.3) is 0 Å². The van der Waals surface area contributed by atoms with Crippen molar-refractivity contribution >= 4 is 58.0 Å². The molecule has 0 radical (unpaired) electrons. The van der Waals surface area contributed by atoms with Crippen LogP contribution in [0.3, 0.4) is 0 Å². The molecule has 6 heteroatoms. The predicted octanol–water partition coefficient (Wildman–Crippen LogP) is 4.89. The van der Waals surface area contributed by atoms with Crippen LogP contribution in [0, 0.1) is 0 Å². The summed E-state index contributed by atoms with van der Waals surface area (Å²) in [6, 6.07) is 1.73. The van der Waals surface area contributed by atoms with Crippen LogP contribution in [0.5, 0.6) is 0 Å². The summed E-state index contributed by atoms with van der Waals surface area (Å²) in [5.74, 6) is -0.400.